The summed E-state index contributed by atoms with van der Waals surface area (Å²) in [4.78, 5) is 0. The van der Waals surface area contributed by atoms with Gasteiger partial charge in [-0.3, -0.25) is 0 Å². The van der Waals surface area contributed by atoms with Crippen molar-refractivity contribution in [1.29, 1.82) is 0 Å². The Hall–Kier alpha value is -0.500. The summed E-state index contributed by atoms with van der Waals surface area (Å²) in [6.45, 7) is 4.18. The first kappa shape index (κ1) is 12.5. The van der Waals surface area contributed by atoms with Gasteiger partial charge in [0, 0.05) is 0 Å². The summed E-state index contributed by atoms with van der Waals surface area (Å²) in [6.07, 6.45) is 12.1. The van der Waals surface area contributed by atoms with Crippen LogP contribution in [-0.4, -0.2) is 6.17 Å². The number of unbranched alkanes of at least 4 members (excludes halogenated alkanes) is 5. The lowest BCUT2D eigenvalue weighted by Crippen LogP contribution is -2.29. The van der Waals surface area contributed by atoms with Gasteiger partial charge in [0.05, 0.1) is 6.17 Å². The third kappa shape index (κ3) is 11.5. The standard InChI is InChI=1S/C11H24N2/c1-3-4-5-6-7-8-9-10-13-11(2)12/h9-11,13H,3-8,12H2,1-2H3. The van der Waals surface area contributed by atoms with Crippen molar-refractivity contribution in [2.75, 3.05) is 0 Å². The molecule has 1 unspecified atom stereocenters. The SMILES string of the molecule is CCCCCCCC=CNC(C)N. The summed E-state index contributed by atoms with van der Waals surface area (Å²) in [5, 5.41) is 3.04. The molecule has 0 rings (SSSR count). The summed E-state index contributed by atoms with van der Waals surface area (Å²) >= 11 is 0. The predicted octanol–water partition coefficient (Wildman–Crippen LogP) is 2.75. The van der Waals surface area contributed by atoms with E-state index in [0.29, 0.717) is 0 Å². The van der Waals surface area contributed by atoms with Crippen LogP contribution in [0, 0.1) is 0 Å². The molecule has 0 saturated heterocycles. The maximum Gasteiger partial charge on any atom is 0.0709 e. The van der Waals surface area contributed by atoms with E-state index in [9.17, 15) is 0 Å². The highest BCUT2D eigenvalue weighted by molar-refractivity contribution is 4.80. The number of allylic oxidation sites excluding steroid dienone is 1. The Morgan fingerprint density at radius 2 is 1.92 bits per heavy atom. The normalized spacial score (nSPS) is 13.5. The second-order valence-corrected chi connectivity index (χ2v) is 3.56. The molecule has 0 radical (unpaired) electrons. The van der Waals surface area contributed by atoms with Crippen LogP contribution in [-0.2, 0) is 0 Å². The van der Waals surface area contributed by atoms with E-state index in [1.54, 1.807) is 0 Å². The molecule has 0 aromatic heterocycles. The molecule has 0 amide bonds. The summed E-state index contributed by atoms with van der Waals surface area (Å²) in [5.74, 6) is 0. The van der Waals surface area contributed by atoms with Crippen molar-refractivity contribution in [2.24, 2.45) is 5.73 Å². The minimum Gasteiger partial charge on any atom is -0.376 e. The quantitative estimate of drug-likeness (QED) is 0.449. The highest BCUT2D eigenvalue weighted by Crippen LogP contribution is 2.04. The lowest BCUT2D eigenvalue weighted by molar-refractivity contribution is 0.633. The van der Waals surface area contributed by atoms with Crippen LogP contribution in [0.3, 0.4) is 0 Å². The predicted molar refractivity (Wildman–Crippen MR) is 59.3 cm³/mol. The van der Waals surface area contributed by atoms with E-state index in [-0.39, 0.29) is 6.17 Å². The Morgan fingerprint density at radius 3 is 2.54 bits per heavy atom. The zero-order valence-corrected chi connectivity index (χ0v) is 9.05. The van der Waals surface area contributed by atoms with Crippen molar-refractivity contribution in [2.45, 2.75) is 58.5 Å². The number of nitrogens with one attached hydrogen (secondary N) is 1. The zero-order chi connectivity index (χ0) is 9.94. The van der Waals surface area contributed by atoms with Crippen molar-refractivity contribution >= 4 is 0 Å². The first-order valence-electron chi connectivity index (χ1n) is 5.44. The van der Waals surface area contributed by atoms with E-state index < -0.39 is 0 Å². The Kier molecular flexibility index (Phi) is 9.22. The second kappa shape index (κ2) is 9.59. The summed E-state index contributed by atoms with van der Waals surface area (Å²) < 4.78 is 0. The van der Waals surface area contributed by atoms with Crippen molar-refractivity contribution < 1.29 is 0 Å². The second-order valence-electron chi connectivity index (χ2n) is 3.56. The molecule has 3 N–H and O–H groups in total. The fourth-order valence-electron chi connectivity index (χ4n) is 1.17. The van der Waals surface area contributed by atoms with Gasteiger partial charge in [-0.25, -0.2) is 0 Å². The number of rotatable bonds is 8. The molecule has 0 saturated carbocycles. The monoisotopic (exact) mass is 184 g/mol. The van der Waals surface area contributed by atoms with E-state index in [2.05, 4.69) is 18.3 Å². The van der Waals surface area contributed by atoms with Crippen LogP contribution in [0.5, 0.6) is 0 Å². The summed E-state index contributed by atoms with van der Waals surface area (Å²) in [7, 11) is 0. The lowest BCUT2D eigenvalue weighted by Gasteiger charge is -2.02. The number of hydrogen-bond donors (Lipinski definition) is 2. The maximum atomic E-state index is 5.51. The van der Waals surface area contributed by atoms with Gasteiger partial charge in [0.1, 0.15) is 0 Å². The molecular formula is C11H24N2. The first-order chi connectivity index (χ1) is 6.27. The highest BCUT2D eigenvalue weighted by Gasteiger charge is 1.86. The molecule has 0 aromatic carbocycles. The van der Waals surface area contributed by atoms with E-state index >= 15 is 0 Å². The molecule has 0 aromatic rings. The molecule has 13 heavy (non-hydrogen) atoms. The van der Waals surface area contributed by atoms with Gasteiger partial charge < -0.3 is 11.1 Å². The van der Waals surface area contributed by atoms with Crippen LogP contribution >= 0.6 is 0 Å². The van der Waals surface area contributed by atoms with E-state index in [1.807, 2.05) is 13.1 Å². The zero-order valence-electron chi connectivity index (χ0n) is 9.05. The van der Waals surface area contributed by atoms with Gasteiger partial charge in [-0.1, -0.05) is 38.7 Å². The van der Waals surface area contributed by atoms with Gasteiger partial charge in [0.15, 0.2) is 0 Å². The fraction of sp³-hybridized carbons (Fsp3) is 0.818. The van der Waals surface area contributed by atoms with Crippen molar-refractivity contribution in [3.8, 4) is 0 Å². The molecule has 2 nitrogen and oxygen atoms in total. The molecule has 0 heterocycles. The largest absolute Gasteiger partial charge is 0.376 e. The molecule has 0 aliphatic rings. The van der Waals surface area contributed by atoms with Crippen molar-refractivity contribution in [3.63, 3.8) is 0 Å². The van der Waals surface area contributed by atoms with Crippen LogP contribution in [0.1, 0.15) is 52.4 Å². The third-order valence-corrected chi connectivity index (χ3v) is 1.95. The minimum atomic E-state index is 0.0661. The van der Waals surface area contributed by atoms with Crippen LogP contribution in [0.15, 0.2) is 12.3 Å². The Bertz CT molecular complexity index is 119. The molecule has 0 spiro atoms. The third-order valence-electron chi connectivity index (χ3n) is 1.95. The lowest BCUT2D eigenvalue weighted by atomic mass is 10.1. The number of hydrogen-bond acceptors (Lipinski definition) is 2. The maximum absolute atomic E-state index is 5.51. The van der Waals surface area contributed by atoms with Gasteiger partial charge in [-0.05, 0) is 26.0 Å². The summed E-state index contributed by atoms with van der Waals surface area (Å²) in [6, 6.07) is 0. The van der Waals surface area contributed by atoms with E-state index in [4.69, 9.17) is 5.73 Å². The van der Waals surface area contributed by atoms with Crippen LogP contribution in [0.4, 0.5) is 0 Å². The van der Waals surface area contributed by atoms with Crippen LogP contribution in [0.25, 0.3) is 0 Å². The van der Waals surface area contributed by atoms with E-state index in [1.165, 1.54) is 38.5 Å². The van der Waals surface area contributed by atoms with Gasteiger partial charge in [0.2, 0.25) is 0 Å². The van der Waals surface area contributed by atoms with Crippen molar-refractivity contribution in [3.05, 3.63) is 12.3 Å². The van der Waals surface area contributed by atoms with E-state index in [0.717, 1.165) is 0 Å². The van der Waals surface area contributed by atoms with Gasteiger partial charge in [-0.2, -0.15) is 0 Å². The average molecular weight is 184 g/mol. The molecule has 1 atom stereocenters. The summed E-state index contributed by atoms with van der Waals surface area (Å²) in [5.41, 5.74) is 5.51. The van der Waals surface area contributed by atoms with Gasteiger partial charge in [0.25, 0.3) is 0 Å². The molecule has 0 bridgehead atoms. The van der Waals surface area contributed by atoms with Crippen molar-refractivity contribution in [1.82, 2.24) is 5.32 Å². The molecule has 0 fully saturated rings. The fourth-order valence-corrected chi connectivity index (χ4v) is 1.17. The Labute approximate surface area is 82.6 Å². The van der Waals surface area contributed by atoms with Gasteiger partial charge >= 0.3 is 0 Å². The molecule has 0 aliphatic carbocycles. The van der Waals surface area contributed by atoms with Gasteiger partial charge in [-0.15, -0.1) is 0 Å². The topological polar surface area (TPSA) is 38.0 Å². The molecule has 0 aliphatic heterocycles. The Balaban J connectivity index is 3.02. The molecular weight excluding hydrogens is 160 g/mol. The number of nitrogens with two attached hydrogens (primary N) is 1. The average Bonchev–Trinajstić information content (AvgIpc) is 2.09. The van der Waals surface area contributed by atoms with Crippen LogP contribution < -0.4 is 11.1 Å². The first-order valence-corrected chi connectivity index (χ1v) is 5.44. The smallest absolute Gasteiger partial charge is 0.0709 e. The molecule has 78 valence electrons. The highest BCUT2D eigenvalue weighted by atomic mass is 15.0. The Morgan fingerprint density at radius 1 is 1.23 bits per heavy atom. The van der Waals surface area contributed by atoms with Crippen LogP contribution in [0.2, 0.25) is 0 Å². The molecule has 2 heteroatoms. The minimum absolute atomic E-state index is 0.0661.